The van der Waals surface area contributed by atoms with Gasteiger partial charge < -0.3 is 14.7 Å². The molecule has 0 saturated carbocycles. The number of carboxylic acid groups (broad SMARTS) is 1. The first-order valence-corrected chi connectivity index (χ1v) is 5.69. The topological polar surface area (TPSA) is 62.7 Å². The number of rotatable bonds is 2. The Morgan fingerprint density at radius 1 is 1.50 bits per heavy atom. The van der Waals surface area contributed by atoms with Crippen molar-refractivity contribution in [2.24, 2.45) is 0 Å². The molecule has 0 amide bonds. The van der Waals surface area contributed by atoms with Crippen molar-refractivity contribution in [3.63, 3.8) is 0 Å². The molecule has 0 aliphatic carbocycles. The van der Waals surface area contributed by atoms with Crippen molar-refractivity contribution in [1.29, 1.82) is 0 Å². The molecule has 1 aliphatic heterocycles. The van der Waals surface area contributed by atoms with E-state index in [-0.39, 0.29) is 5.56 Å². The number of halogens is 1. The van der Waals surface area contributed by atoms with Crippen LogP contribution in [0.3, 0.4) is 0 Å². The number of pyridine rings is 1. The average Bonchev–Trinajstić information content (AvgIpc) is 2.30. The molecule has 1 N–H and O–H groups in total. The molecule has 0 atom stereocenters. The number of aromatic nitrogens is 1. The number of aromatic carboxylic acids is 1. The fourth-order valence-electron chi connectivity index (χ4n) is 1.56. The summed E-state index contributed by atoms with van der Waals surface area (Å²) < 4.78 is 5.95. The number of hydrogen-bond acceptors (Lipinski definition) is 4. The van der Waals surface area contributed by atoms with Gasteiger partial charge in [0, 0.05) is 19.3 Å². The Labute approximate surface area is 101 Å². The number of ether oxygens (including phenoxy) is 1. The molecule has 0 radical (unpaired) electrons. The SMILES string of the molecule is O=C(O)c1cnc(N2CCOCC2)c(Br)c1. The highest BCUT2D eigenvalue weighted by Gasteiger charge is 2.16. The summed E-state index contributed by atoms with van der Waals surface area (Å²) in [5.41, 5.74) is 0.184. The van der Waals surface area contributed by atoms with Gasteiger partial charge in [0.2, 0.25) is 0 Å². The van der Waals surface area contributed by atoms with Crippen LogP contribution in [0.4, 0.5) is 5.82 Å². The molecule has 1 aromatic rings. The number of nitrogens with zero attached hydrogens (tertiary/aromatic N) is 2. The Kier molecular flexibility index (Phi) is 3.40. The Hall–Kier alpha value is -1.14. The van der Waals surface area contributed by atoms with E-state index in [0.29, 0.717) is 17.7 Å². The summed E-state index contributed by atoms with van der Waals surface area (Å²) in [5.74, 6) is -0.199. The molecular formula is C10H11BrN2O3. The predicted molar refractivity (Wildman–Crippen MR) is 61.9 cm³/mol. The molecule has 0 unspecified atom stereocenters. The van der Waals surface area contributed by atoms with Gasteiger partial charge in [-0.25, -0.2) is 9.78 Å². The van der Waals surface area contributed by atoms with Crippen LogP contribution in [0.5, 0.6) is 0 Å². The lowest BCUT2D eigenvalue weighted by Crippen LogP contribution is -2.37. The van der Waals surface area contributed by atoms with Gasteiger partial charge in [0.25, 0.3) is 0 Å². The molecular weight excluding hydrogens is 276 g/mol. The van der Waals surface area contributed by atoms with E-state index in [0.717, 1.165) is 18.9 Å². The maximum Gasteiger partial charge on any atom is 0.337 e. The zero-order valence-corrected chi connectivity index (χ0v) is 10.1. The van der Waals surface area contributed by atoms with E-state index in [4.69, 9.17) is 9.84 Å². The van der Waals surface area contributed by atoms with Crippen molar-refractivity contribution >= 4 is 27.7 Å². The molecule has 0 spiro atoms. The van der Waals surface area contributed by atoms with Gasteiger partial charge in [-0.05, 0) is 22.0 Å². The first-order chi connectivity index (χ1) is 7.68. The van der Waals surface area contributed by atoms with Crippen LogP contribution in [-0.4, -0.2) is 42.4 Å². The second-order valence-electron chi connectivity index (χ2n) is 3.43. The van der Waals surface area contributed by atoms with Gasteiger partial charge in [-0.2, -0.15) is 0 Å². The maximum atomic E-state index is 10.7. The lowest BCUT2D eigenvalue weighted by atomic mass is 10.3. The van der Waals surface area contributed by atoms with Gasteiger partial charge in [-0.3, -0.25) is 0 Å². The number of morpholine rings is 1. The zero-order valence-electron chi connectivity index (χ0n) is 8.52. The van der Waals surface area contributed by atoms with Gasteiger partial charge in [0.05, 0.1) is 23.2 Å². The predicted octanol–water partition coefficient (Wildman–Crippen LogP) is 1.38. The van der Waals surface area contributed by atoms with Crippen LogP contribution in [0.15, 0.2) is 16.7 Å². The molecule has 16 heavy (non-hydrogen) atoms. The highest BCUT2D eigenvalue weighted by atomic mass is 79.9. The lowest BCUT2D eigenvalue weighted by molar-refractivity contribution is 0.0696. The molecule has 2 rings (SSSR count). The van der Waals surface area contributed by atoms with E-state index in [1.54, 1.807) is 6.07 Å². The number of carboxylic acids is 1. The molecule has 1 fully saturated rings. The van der Waals surface area contributed by atoms with Crippen LogP contribution in [0.2, 0.25) is 0 Å². The lowest BCUT2D eigenvalue weighted by Gasteiger charge is -2.28. The third-order valence-corrected chi connectivity index (χ3v) is 2.96. The Morgan fingerprint density at radius 3 is 2.75 bits per heavy atom. The summed E-state index contributed by atoms with van der Waals surface area (Å²) in [6.07, 6.45) is 1.37. The van der Waals surface area contributed by atoms with Gasteiger partial charge in [-0.1, -0.05) is 0 Å². The first-order valence-electron chi connectivity index (χ1n) is 4.90. The van der Waals surface area contributed by atoms with E-state index in [9.17, 15) is 4.79 Å². The zero-order chi connectivity index (χ0) is 11.5. The van der Waals surface area contributed by atoms with Crippen molar-refractivity contribution in [3.05, 3.63) is 22.3 Å². The van der Waals surface area contributed by atoms with Crippen LogP contribution in [-0.2, 0) is 4.74 Å². The van der Waals surface area contributed by atoms with Crippen LogP contribution in [0, 0.1) is 0 Å². The van der Waals surface area contributed by atoms with Crippen molar-refractivity contribution in [1.82, 2.24) is 4.98 Å². The summed E-state index contributed by atoms with van der Waals surface area (Å²) in [6, 6.07) is 1.57. The highest BCUT2D eigenvalue weighted by molar-refractivity contribution is 9.10. The molecule has 1 aliphatic rings. The van der Waals surface area contributed by atoms with E-state index < -0.39 is 5.97 Å². The fraction of sp³-hybridized carbons (Fsp3) is 0.400. The highest BCUT2D eigenvalue weighted by Crippen LogP contribution is 2.25. The monoisotopic (exact) mass is 286 g/mol. The second kappa shape index (κ2) is 4.80. The van der Waals surface area contributed by atoms with E-state index >= 15 is 0 Å². The molecule has 1 saturated heterocycles. The Balaban J connectivity index is 2.24. The quantitative estimate of drug-likeness (QED) is 0.890. The number of hydrogen-bond donors (Lipinski definition) is 1. The first kappa shape index (κ1) is 11.3. The average molecular weight is 287 g/mol. The molecule has 0 bridgehead atoms. The second-order valence-corrected chi connectivity index (χ2v) is 4.29. The minimum atomic E-state index is -0.971. The van der Waals surface area contributed by atoms with E-state index in [1.807, 2.05) is 0 Å². The largest absolute Gasteiger partial charge is 0.478 e. The van der Waals surface area contributed by atoms with Gasteiger partial charge >= 0.3 is 5.97 Å². The Bertz CT molecular complexity index is 405. The van der Waals surface area contributed by atoms with Crippen LogP contribution in [0.25, 0.3) is 0 Å². The molecule has 5 nitrogen and oxygen atoms in total. The smallest absolute Gasteiger partial charge is 0.337 e. The third-order valence-electron chi connectivity index (χ3n) is 2.38. The molecule has 6 heteroatoms. The van der Waals surface area contributed by atoms with Gasteiger partial charge in [0.1, 0.15) is 5.82 Å². The van der Waals surface area contributed by atoms with Crippen molar-refractivity contribution in [3.8, 4) is 0 Å². The normalized spacial score (nSPS) is 16.2. The number of carbonyl (C=O) groups is 1. The minimum absolute atomic E-state index is 0.184. The minimum Gasteiger partial charge on any atom is -0.478 e. The molecule has 86 valence electrons. The third kappa shape index (κ3) is 2.33. The van der Waals surface area contributed by atoms with Crippen LogP contribution >= 0.6 is 15.9 Å². The summed E-state index contributed by atoms with van der Waals surface area (Å²) in [5, 5.41) is 8.82. The fourth-order valence-corrected chi connectivity index (χ4v) is 2.16. The molecule has 1 aromatic heterocycles. The summed E-state index contributed by atoms with van der Waals surface area (Å²) >= 11 is 3.34. The van der Waals surface area contributed by atoms with E-state index in [1.165, 1.54) is 6.20 Å². The summed E-state index contributed by atoms with van der Waals surface area (Å²) in [4.78, 5) is 17.0. The van der Waals surface area contributed by atoms with Crippen molar-refractivity contribution < 1.29 is 14.6 Å². The molecule has 0 aromatic carbocycles. The standard InChI is InChI=1S/C10H11BrN2O3/c11-8-5-7(10(14)15)6-12-9(8)13-1-3-16-4-2-13/h5-6H,1-4H2,(H,14,15). The van der Waals surface area contributed by atoms with Crippen molar-refractivity contribution in [2.45, 2.75) is 0 Å². The molecule has 2 heterocycles. The van der Waals surface area contributed by atoms with Crippen molar-refractivity contribution in [2.75, 3.05) is 31.2 Å². The van der Waals surface area contributed by atoms with Crippen LogP contribution in [0.1, 0.15) is 10.4 Å². The Morgan fingerprint density at radius 2 is 2.19 bits per heavy atom. The van der Waals surface area contributed by atoms with Crippen LogP contribution < -0.4 is 4.90 Å². The number of anilines is 1. The van der Waals surface area contributed by atoms with Gasteiger partial charge in [-0.15, -0.1) is 0 Å². The van der Waals surface area contributed by atoms with Gasteiger partial charge in [0.15, 0.2) is 0 Å². The maximum absolute atomic E-state index is 10.7. The van der Waals surface area contributed by atoms with E-state index in [2.05, 4.69) is 25.8 Å². The summed E-state index contributed by atoms with van der Waals surface area (Å²) in [7, 11) is 0. The summed E-state index contributed by atoms with van der Waals surface area (Å²) in [6.45, 7) is 2.90.